The fraction of sp³-hybridized carbons (Fsp3) is 0.385. The molecule has 1 aromatic heterocycles. The zero-order valence-corrected chi connectivity index (χ0v) is 10.7. The fourth-order valence-electron chi connectivity index (χ4n) is 1.99. The van der Waals surface area contributed by atoms with Gasteiger partial charge in [0.25, 0.3) is 0 Å². The summed E-state index contributed by atoms with van der Waals surface area (Å²) in [6, 6.07) is 4.65. The number of carboxylic acids is 1. The second-order valence-electron chi connectivity index (χ2n) is 4.97. The molecule has 0 saturated heterocycles. The van der Waals surface area contributed by atoms with Crippen LogP contribution in [0.2, 0.25) is 0 Å². The molecular formula is C13H16N2O3. The first-order valence-electron chi connectivity index (χ1n) is 5.85. The number of imidazole rings is 1. The molecular weight excluding hydrogens is 232 g/mol. The minimum absolute atomic E-state index is 0.183. The van der Waals surface area contributed by atoms with Crippen molar-refractivity contribution in [3.63, 3.8) is 0 Å². The maximum absolute atomic E-state index is 12.0. The van der Waals surface area contributed by atoms with E-state index < -0.39 is 5.97 Å². The molecule has 2 N–H and O–H groups in total. The molecule has 0 aliphatic carbocycles. The lowest BCUT2D eigenvalue weighted by atomic mass is 10.0. The lowest BCUT2D eigenvalue weighted by Gasteiger charge is -2.24. The van der Waals surface area contributed by atoms with Crippen LogP contribution in [-0.4, -0.2) is 20.6 Å². The van der Waals surface area contributed by atoms with Crippen LogP contribution in [0.1, 0.15) is 37.6 Å². The Labute approximate surface area is 104 Å². The number of aromatic amines is 1. The van der Waals surface area contributed by atoms with E-state index in [2.05, 4.69) is 4.98 Å². The van der Waals surface area contributed by atoms with Crippen molar-refractivity contribution in [3.05, 3.63) is 34.2 Å². The first-order chi connectivity index (χ1) is 8.36. The smallest absolute Gasteiger partial charge is 0.335 e. The summed E-state index contributed by atoms with van der Waals surface area (Å²) in [6.07, 6.45) is 0.775. The van der Waals surface area contributed by atoms with Crippen molar-refractivity contribution in [2.24, 2.45) is 0 Å². The van der Waals surface area contributed by atoms with Crippen molar-refractivity contribution in [2.45, 2.75) is 32.7 Å². The molecule has 0 spiro atoms. The lowest BCUT2D eigenvalue weighted by molar-refractivity contribution is 0.0697. The standard InChI is InChI=1S/C13H16N2O3/c1-4-13(2,3)15-10-7-8(11(16)17)5-6-9(10)14-12(15)18/h5-7H,4H2,1-3H3,(H,14,18)(H,16,17). The van der Waals surface area contributed by atoms with Crippen molar-refractivity contribution >= 4 is 17.0 Å². The molecule has 0 bridgehead atoms. The van der Waals surface area contributed by atoms with Crippen molar-refractivity contribution in [3.8, 4) is 0 Å². The van der Waals surface area contributed by atoms with Crippen LogP contribution in [0, 0.1) is 0 Å². The van der Waals surface area contributed by atoms with Crippen LogP contribution in [0.4, 0.5) is 0 Å². The Balaban J connectivity index is 2.80. The first-order valence-corrected chi connectivity index (χ1v) is 5.85. The Morgan fingerprint density at radius 1 is 1.44 bits per heavy atom. The third-order valence-corrected chi connectivity index (χ3v) is 3.40. The quantitative estimate of drug-likeness (QED) is 0.874. The number of rotatable bonds is 3. The number of nitrogens with one attached hydrogen (secondary N) is 1. The van der Waals surface area contributed by atoms with Crippen LogP contribution in [-0.2, 0) is 5.54 Å². The molecule has 2 rings (SSSR count). The molecule has 0 aliphatic heterocycles. The van der Waals surface area contributed by atoms with E-state index in [1.54, 1.807) is 10.6 Å². The van der Waals surface area contributed by atoms with Crippen molar-refractivity contribution in [1.82, 2.24) is 9.55 Å². The van der Waals surface area contributed by atoms with Gasteiger partial charge in [-0.2, -0.15) is 0 Å². The van der Waals surface area contributed by atoms with E-state index in [4.69, 9.17) is 5.11 Å². The van der Waals surface area contributed by atoms with E-state index >= 15 is 0 Å². The van der Waals surface area contributed by atoms with Crippen LogP contribution in [0.3, 0.4) is 0 Å². The number of carbonyl (C=O) groups is 1. The maximum Gasteiger partial charge on any atom is 0.335 e. The third-order valence-electron chi connectivity index (χ3n) is 3.40. The Bertz CT molecular complexity index is 664. The maximum atomic E-state index is 12.0. The van der Waals surface area contributed by atoms with Gasteiger partial charge in [0.1, 0.15) is 0 Å². The van der Waals surface area contributed by atoms with E-state index in [1.165, 1.54) is 12.1 Å². The molecule has 0 radical (unpaired) electrons. The molecule has 96 valence electrons. The molecule has 18 heavy (non-hydrogen) atoms. The molecule has 0 aliphatic rings. The second kappa shape index (κ2) is 4.01. The van der Waals surface area contributed by atoms with Crippen molar-refractivity contribution < 1.29 is 9.90 Å². The Morgan fingerprint density at radius 2 is 2.11 bits per heavy atom. The highest BCUT2D eigenvalue weighted by atomic mass is 16.4. The van der Waals surface area contributed by atoms with Gasteiger partial charge >= 0.3 is 11.7 Å². The highest BCUT2D eigenvalue weighted by Crippen LogP contribution is 2.23. The van der Waals surface area contributed by atoms with Gasteiger partial charge in [-0.1, -0.05) is 6.92 Å². The molecule has 0 amide bonds. The molecule has 0 fully saturated rings. The fourth-order valence-corrected chi connectivity index (χ4v) is 1.99. The highest BCUT2D eigenvalue weighted by molar-refractivity contribution is 5.92. The third kappa shape index (κ3) is 1.81. The SMILES string of the molecule is CCC(C)(C)n1c(=O)[nH]c2ccc(C(=O)O)cc21. The van der Waals surface area contributed by atoms with Crippen LogP contribution in [0.15, 0.2) is 23.0 Å². The normalized spacial score (nSPS) is 11.9. The molecule has 0 atom stereocenters. The Hall–Kier alpha value is -2.04. The summed E-state index contributed by atoms with van der Waals surface area (Å²) in [5, 5.41) is 9.00. The number of aromatic nitrogens is 2. The van der Waals surface area contributed by atoms with Gasteiger partial charge in [-0.3, -0.25) is 4.57 Å². The van der Waals surface area contributed by atoms with E-state index in [9.17, 15) is 9.59 Å². The molecule has 1 aromatic carbocycles. The summed E-state index contributed by atoms with van der Waals surface area (Å²) in [5.74, 6) is -0.994. The van der Waals surface area contributed by atoms with Gasteiger partial charge in [0.05, 0.1) is 16.6 Å². The van der Waals surface area contributed by atoms with Crippen molar-refractivity contribution in [2.75, 3.05) is 0 Å². The summed E-state index contributed by atoms with van der Waals surface area (Å²) in [6.45, 7) is 5.90. The summed E-state index contributed by atoms with van der Waals surface area (Å²) in [5.41, 5.74) is 0.909. The molecule has 2 aromatic rings. The van der Waals surface area contributed by atoms with Crippen LogP contribution in [0.25, 0.3) is 11.0 Å². The van der Waals surface area contributed by atoms with E-state index in [-0.39, 0.29) is 16.8 Å². The monoisotopic (exact) mass is 248 g/mol. The van der Waals surface area contributed by atoms with Crippen LogP contribution < -0.4 is 5.69 Å². The lowest BCUT2D eigenvalue weighted by Crippen LogP contribution is -2.34. The molecule has 5 heteroatoms. The minimum Gasteiger partial charge on any atom is -0.478 e. The molecule has 5 nitrogen and oxygen atoms in total. The van der Waals surface area contributed by atoms with E-state index in [1.807, 2.05) is 20.8 Å². The summed E-state index contributed by atoms with van der Waals surface area (Å²) in [4.78, 5) is 25.7. The van der Waals surface area contributed by atoms with Gasteiger partial charge in [0.15, 0.2) is 0 Å². The van der Waals surface area contributed by atoms with Gasteiger partial charge < -0.3 is 10.1 Å². The van der Waals surface area contributed by atoms with Crippen LogP contribution in [0.5, 0.6) is 0 Å². The number of fused-ring (bicyclic) bond motifs is 1. The Morgan fingerprint density at radius 3 is 2.67 bits per heavy atom. The molecule has 0 saturated carbocycles. The highest BCUT2D eigenvalue weighted by Gasteiger charge is 2.23. The van der Waals surface area contributed by atoms with E-state index in [0.29, 0.717) is 11.0 Å². The van der Waals surface area contributed by atoms with Gasteiger partial charge in [0.2, 0.25) is 0 Å². The summed E-state index contributed by atoms with van der Waals surface area (Å²) >= 11 is 0. The van der Waals surface area contributed by atoms with Gasteiger partial charge in [-0.25, -0.2) is 9.59 Å². The zero-order valence-electron chi connectivity index (χ0n) is 10.7. The average molecular weight is 248 g/mol. The minimum atomic E-state index is -0.994. The van der Waals surface area contributed by atoms with Gasteiger partial charge in [-0.15, -0.1) is 0 Å². The predicted octanol–water partition coefficient (Wildman–Crippen LogP) is 2.17. The number of aromatic carboxylic acids is 1. The van der Waals surface area contributed by atoms with Crippen molar-refractivity contribution in [1.29, 1.82) is 0 Å². The number of H-pyrrole nitrogens is 1. The van der Waals surface area contributed by atoms with Gasteiger partial charge in [0, 0.05) is 5.54 Å². The summed E-state index contributed by atoms with van der Waals surface area (Å²) < 4.78 is 1.62. The number of nitrogens with zero attached hydrogens (tertiary/aromatic N) is 1. The predicted molar refractivity (Wildman–Crippen MR) is 69.1 cm³/mol. The second-order valence-corrected chi connectivity index (χ2v) is 4.97. The number of hydrogen-bond acceptors (Lipinski definition) is 2. The van der Waals surface area contributed by atoms with Gasteiger partial charge in [-0.05, 0) is 38.5 Å². The number of benzene rings is 1. The summed E-state index contributed by atoms with van der Waals surface area (Å²) in [7, 11) is 0. The largest absolute Gasteiger partial charge is 0.478 e. The average Bonchev–Trinajstić information content (AvgIpc) is 2.64. The molecule has 0 unspecified atom stereocenters. The van der Waals surface area contributed by atoms with E-state index in [0.717, 1.165) is 6.42 Å². The number of carboxylic acid groups (broad SMARTS) is 1. The van der Waals surface area contributed by atoms with Crippen LogP contribution >= 0.6 is 0 Å². The topological polar surface area (TPSA) is 75.1 Å². The Kier molecular flexibility index (Phi) is 2.77. The first kappa shape index (κ1) is 12.4. The zero-order chi connectivity index (χ0) is 13.5. The molecule has 1 heterocycles. The number of hydrogen-bond donors (Lipinski definition) is 2.